The average molecular weight is 293 g/mol. The standard InChI is InChI=1S/C15H14ClFN2O/c16-13-8-11(17)3-6-14(13)20-15-10(2-1-7-18-15)9-19-12-4-5-12/h1-3,6-8,12,19H,4-5,9H2. The zero-order valence-electron chi connectivity index (χ0n) is 10.8. The van der Waals surface area contributed by atoms with Crippen LogP contribution in [0.5, 0.6) is 11.6 Å². The average Bonchev–Trinajstić information content (AvgIpc) is 3.25. The molecule has 0 amide bonds. The summed E-state index contributed by atoms with van der Waals surface area (Å²) in [6, 6.07) is 8.47. The quantitative estimate of drug-likeness (QED) is 0.907. The Morgan fingerprint density at radius 3 is 2.95 bits per heavy atom. The largest absolute Gasteiger partial charge is 0.437 e. The lowest BCUT2D eigenvalue weighted by Crippen LogP contribution is -2.16. The molecule has 0 saturated heterocycles. The zero-order valence-corrected chi connectivity index (χ0v) is 11.5. The fourth-order valence-corrected chi connectivity index (χ4v) is 2.06. The Bertz CT molecular complexity index is 617. The van der Waals surface area contributed by atoms with E-state index in [0.29, 0.717) is 24.2 Å². The van der Waals surface area contributed by atoms with Gasteiger partial charge in [0.15, 0.2) is 0 Å². The molecule has 1 aromatic heterocycles. The van der Waals surface area contributed by atoms with Crippen LogP contribution in [0.1, 0.15) is 18.4 Å². The van der Waals surface area contributed by atoms with E-state index >= 15 is 0 Å². The first kappa shape index (κ1) is 13.3. The summed E-state index contributed by atoms with van der Waals surface area (Å²) >= 11 is 5.96. The van der Waals surface area contributed by atoms with Gasteiger partial charge < -0.3 is 10.1 Å². The lowest BCUT2D eigenvalue weighted by Gasteiger charge is -2.11. The van der Waals surface area contributed by atoms with Crippen LogP contribution in [0.15, 0.2) is 36.5 Å². The topological polar surface area (TPSA) is 34.1 Å². The molecule has 20 heavy (non-hydrogen) atoms. The lowest BCUT2D eigenvalue weighted by atomic mass is 10.2. The summed E-state index contributed by atoms with van der Waals surface area (Å²) in [6.07, 6.45) is 4.11. The van der Waals surface area contributed by atoms with Crippen LogP contribution in [0, 0.1) is 5.82 Å². The molecule has 104 valence electrons. The van der Waals surface area contributed by atoms with Crippen LogP contribution >= 0.6 is 11.6 Å². The predicted molar refractivity (Wildman–Crippen MR) is 75.6 cm³/mol. The molecule has 0 radical (unpaired) electrons. The molecule has 0 unspecified atom stereocenters. The summed E-state index contributed by atoms with van der Waals surface area (Å²) in [4.78, 5) is 4.22. The van der Waals surface area contributed by atoms with E-state index < -0.39 is 0 Å². The number of pyridine rings is 1. The second-order valence-corrected chi connectivity index (χ2v) is 5.21. The van der Waals surface area contributed by atoms with E-state index in [4.69, 9.17) is 16.3 Å². The Kier molecular flexibility index (Phi) is 3.85. The first-order valence-electron chi connectivity index (χ1n) is 6.52. The monoisotopic (exact) mass is 292 g/mol. The highest BCUT2D eigenvalue weighted by Gasteiger charge is 2.21. The molecule has 0 bridgehead atoms. The van der Waals surface area contributed by atoms with Crippen molar-refractivity contribution in [1.82, 2.24) is 10.3 Å². The minimum Gasteiger partial charge on any atom is -0.437 e. The number of nitrogens with one attached hydrogen (secondary N) is 1. The summed E-state index contributed by atoms with van der Waals surface area (Å²) < 4.78 is 18.7. The number of ether oxygens (including phenoxy) is 1. The molecule has 1 saturated carbocycles. The van der Waals surface area contributed by atoms with Gasteiger partial charge in [-0.05, 0) is 37.1 Å². The van der Waals surface area contributed by atoms with Crippen LogP contribution in [0.2, 0.25) is 5.02 Å². The molecule has 5 heteroatoms. The molecule has 3 nitrogen and oxygen atoms in total. The van der Waals surface area contributed by atoms with E-state index in [1.54, 1.807) is 6.20 Å². The molecular formula is C15H14ClFN2O. The molecule has 2 aromatic rings. The van der Waals surface area contributed by atoms with Crippen molar-refractivity contribution in [2.45, 2.75) is 25.4 Å². The molecule has 1 fully saturated rings. The Hall–Kier alpha value is -1.65. The Balaban J connectivity index is 1.78. The van der Waals surface area contributed by atoms with Crippen molar-refractivity contribution >= 4 is 11.6 Å². The van der Waals surface area contributed by atoms with Crippen molar-refractivity contribution < 1.29 is 9.13 Å². The Labute approximate surface area is 121 Å². The maximum Gasteiger partial charge on any atom is 0.223 e. The molecule has 1 aliphatic carbocycles. The molecular weight excluding hydrogens is 279 g/mol. The third-order valence-corrected chi connectivity index (χ3v) is 3.40. The Morgan fingerprint density at radius 2 is 2.20 bits per heavy atom. The van der Waals surface area contributed by atoms with E-state index in [0.717, 1.165) is 5.56 Å². The molecule has 0 atom stereocenters. The van der Waals surface area contributed by atoms with Crippen LogP contribution in [-0.4, -0.2) is 11.0 Å². The first-order valence-corrected chi connectivity index (χ1v) is 6.90. The van der Waals surface area contributed by atoms with Crippen LogP contribution in [0.25, 0.3) is 0 Å². The number of rotatable bonds is 5. The van der Waals surface area contributed by atoms with E-state index in [9.17, 15) is 4.39 Å². The molecule has 0 spiro atoms. The SMILES string of the molecule is Fc1ccc(Oc2ncccc2CNC2CC2)c(Cl)c1. The van der Waals surface area contributed by atoms with Crippen molar-refractivity contribution in [3.05, 3.63) is 52.9 Å². The Morgan fingerprint density at radius 1 is 1.35 bits per heavy atom. The number of nitrogens with zero attached hydrogens (tertiary/aromatic N) is 1. The summed E-state index contributed by atoms with van der Waals surface area (Å²) in [5.74, 6) is 0.507. The van der Waals surface area contributed by atoms with Crippen LogP contribution in [0.3, 0.4) is 0 Å². The summed E-state index contributed by atoms with van der Waals surface area (Å²) in [5, 5.41) is 3.64. The van der Waals surface area contributed by atoms with Crippen LogP contribution < -0.4 is 10.1 Å². The van der Waals surface area contributed by atoms with E-state index in [2.05, 4.69) is 10.3 Å². The van der Waals surface area contributed by atoms with Crippen molar-refractivity contribution in [3.8, 4) is 11.6 Å². The van der Waals surface area contributed by atoms with Gasteiger partial charge in [0.2, 0.25) is 5.88 Å². The summed E-state index contributed by atoms with van der Waals surface area (Å²) in [5.41, 5.74) is 0.958. The predicted octanol–water partition coefficient (Wildman–Crippen LogP) is 3.92. The number of hydrogen-bond donors (Lipinski definition) is 1. The van der Waals surface area contributed by atoms with Gasteiger partial charge in [-0.15, -0.1) is 0 Å². The van der Waals surface area contributed by atoms with Gasteiger partial charge in [0.05, 0.1) is 5.02 Å². The molecule has 1 N–H and O–H groups in total. The number of hydrogen-bond acceptors (Lipinski definition) is 3. The van der Waals surface area contributed by atoms with Gasteiger partial charge in [0.25, 0.3) is 0 Å². The van der Waals surface area contributed by atoms with Crippen molar-refractivity contribution in [3.63, 3.8) is 0 Å². The number of aromatic nitrogens is 1. The molecule has 0 aliphatic heterocycles. The maximum atomic E-state index is 13.0. The highest BCUT2D eigenvalue weighted by Crippen LogP contribution is 2.30. The minimum atomic E-state index is -0.390. The summed E-state index contributed by atoms with van der Waals surface area (Å²) in [7, 11) is 0. The molecule has 1 heterocycles. The molecule has 3 rings (SSSR count). The van der Waals surface area contributed by atoms with Crippen LogP contribution in [-0.2, 0) is 6.54 Å². The molecule has 1 aliphatic rings. The van der Waals surface area contributed by atoms with Gasteiger partial charge >= 0.3 is 0 Å². The number of benzene rings is 1. The van der Waals surface area contributed by atoms with Gasteiger partial charge in [-0.3, -0.25) is 0 Å². The lowest BCUT2D eigenvalue weighted by molar-refractivity contribution is 0.451. The second kappa shape index (κ2) is 5.77. The zero-order chi connectivity index (χ0) is 13.9. The fourth-order valence-electron chi connectivity index (χ4n) is 1.85. The van der Waals surface area contributed by atoms with Gasteiger partial charge in [0, 0.05) is 24.3 Å². The highest BCUT2D eigenvalue weighted by atomic mass is 35.5. The van der Waals surface area contributed by atoms with E-state index in [-0.39, 0.29) is 10.8 Å². The maximum absolute atomic E-state index is 13.0. The normalized spacial score (nSPS) is 14.3. The number of halogens is 2. The first-order chi connectivity index (χ1) is 9.72. The van der Waals surface area contributed by atoms with E-state index in [1.165, 1.54) is 31.0 Å². The van der Waals surface area contributed by atoms with Gasteiger partial charge in [-0.2, -0.15) is 0 Å². The van der Waals surface area contributed by atoms with Crippen molar-refractivity contribution in [1.29, 1.82) is 0 Å². The van der Waals surface area contributed by atoms with Gasteiger partial charge in [-0.1, -0.05) is 17.7 Å². The van der Waals surface area contributed by atoms with Crippen LogP contribution in [0.4, 0.5) is 4.39 Å². The molecule has 1 aromatic carbocycles. The van der Waals surface area contributed by atoms with Crippen molar-refractivity contribution in [2.75, 3.05) is 0 Å². The van der Waals surface area contributed by atoms with E-state index in [1.807, 2.05) is 12.1 Å². The third kappa shape index (κ3) is 3.26. The van der Waals surface area contributed by atoms with Crippen molar-refractivity contribution in [2.24, 2.45) is 0 Å². The smallest absolute Gasteiger partial charge is 0.223 e. The minimum absolute atomic E-state index is 0.233. The summed E-state index contributed by atoms with van der Waals surface area (Å²) in [6.45, 7) is 0.701. The fraction of sp³-hybridized carbons (Fsp3) is 0.267. The van der Waals surface area contributed by atoms with Gasteiger partial charge in [-0.25, -0.2) is 9.37 Å². The third-order valence-electron chi connectivity index (χ3n) is 3.11. The van der Waals surface area contributed by atoms with Gasteiger partial charge in [0.1, 0.15) is 11.6 Å². The second-order valence-electron chi connectivity index (χ2n) is 4.80. The highest BCUT2D eigenvalue weighted by molar-refractivity contribution is 6.32.